The average Bonchev–Trinajstić information content (AvgIpc) is 1.91. The van der Waals surface area contributed by atoms with Crippen LogP contribution in [0.4, 0.5) is 0 Å². The van der Waals surface area contributed by atoms with Crippen molar-refractivity contribution < 1.29 is 48.2 Å². The van der Waals surface area contributed by atoms with Gasteiger partial charge in [-0.2, -0.15) is 6.42 Å². The van der Waals surface area contributed by atoms with Crippen molar-refractivity contribution in [2.75, 3.05) is 0 Å². The molecule has 1 aromatic carbocycles. The summed E-state index contributed by atoms with van der Waals surface area (Å²) in [5, 5.41) is 0. The zero-order valence-electron chi connectivity index (χ0n) is 7.97. The van der Waals surface area contributed by atoms with E-state index in [0.29, 0.717) is 0 Å². The average molecular weight is 266 g/mol. The number of benzene rings is 1. The molecular formula is C9H11BrClLiMg. The van der Waals surface area contributed by atoms with Gasteiger partial charge in [-0.15, -0.1) is 0 Å². The van der Waals surface area contributed by atoms with Gasteiger partial charge in [0.2, 0.25) is 0 Å². The van der Waals surface area contributed by atoms with Gasteiger partial charge in [-0.1, -0.05) is 42.3 Å². The first-order valence-corrected chi connectivity index (χ1v) is 3.26. The molecule has 0 nitrogen and oxygen atoms in total. The summed E-state index contributed by atoms with van der Waals surface area (Å²) >= 11 is 0. The summed E-state index contributed by atoms with van der Waals surface area (Å²) in [6.07, 6.45) is 2.09. The van der Waals surface area contributed by atoms with Crippen LogP contribution in [0.1, 0.15) is 12.0 Å². The fourth-order valence-corrected chi connectivity index (χ4v) is 0.849. The predicted octanol–water partition coefficient (Wildman–Crippen LogP) is -6.92. The van der Waals surface area contributed by atoms with Crippen molar-refractivity contribution in [2.24, 2.45) is 0 Å². The van der Waals surface area contributed by atoms with Crippen molar-refractivity contribution in [2.45, 2.75) is 12.8 Å². The Balaban J connectivity index is -0.000000101. The van der Waals surface area contributed by atoms with Crippen LogP contribution in [0.3, 0.4) is 0 Å². The monoisotopic (exact) mass is 264 g/mol. The van der Waals surface area contributed by atoms with Crippen LogP contribution in [0.5, 0.6) is 0 Å². The van der Waals surface area contributed by atoms with E-state index in [2.05, 4.69) is 31.2 Å². The van der Waals surface area contributed by atoms with E-state index in [4.69, 9.17) is 0 Å². The smallest absolute Gasteiger partial charge is 1.00 e. The van der Waals surface area contributed by atoms with Gasteiger partial charge in [0.15, 0.2) is 0 Å². The van der Waals surface area contributed by atoms with Gasteiger partial charge in [0.1, 0.15) is 0 Å². The van der Waals surface area contributed by atoms with Crippen LogP contribution in [0.2, 0.25) is 0 Å². The summed E-state index contributed by atoms with van der Waals surface area (Å²) in [6.45, 7) is 3.78. The van der Waals surface area contributed by atoms with Crippen molar-refractivity contribution in [3.8, 4) is 0 Å². The van der Waals surface area contributed by atoms with Gasteiger partial charge in [0.05, 0.1) is 0 Å². The molecule has 13 heavy (non-hydrogen) atoms. The maximum Gasteiger partial charge on any atom is 2.00 e. The summed E-state index contributed by atoms with van der Waals surface area (Å²) in [7, 11) is 0. The number of hydrogen-bond donors (Lipinski definition) is 0. The fraction of sp³-hybridized carbons (Fsp3) is 0.222. The first kappa shape index (κ1) is 23.9. The normalized spacial score (nSPS) is 6.54. The predicted molar refractivity (Wildman–Crippen MR) is 45.9 cm³/mol. The molecule has 0 N–H and O–H groups in total. The second-order valence-corrected chi connectivity index (χ2v) is 2.09. The summed E-state index contributed by atoms with van der Waals surface area (Å²) in [4.78, 5) is 0. The van der Waals surface area contributed by atoms with Crippen LogP contribution in [0.25, 0.3) is 0 Å². The molecule has 0 aliphatic rings. The second kappa shape index (κ2) is 15.8. The first-order chi connectivity index (χ1) is 4.43. The van der Waals surface area contributed by atoms with E-state index in [-0.39, 0.29) is 71.3 Å². The molecule has 0 aliphatic heterocycles. The Labute approximate surface area is 126 Å². The maximum absolute atomic E-state index is 3.78. The van der Waals surface area contributed by atoms with E-state index < -0.39 is 0 Å². The second-order valence-electron chi connectivity index (χ2n) is 2.09. The standard InChI is InChI=1S/C9H11.BrH.ClH.Li.Mg/c1-2-6-9-7-4-3-5-8-9;;;;/h3-5,7-8H,1-2,6H2;2*1H;;/q-1;;;+1;+2/p-2. The van der Waals surface area contributed by atoms with Gasteiger partial charge in [0.25, 0.3) is 0 Å². The minimum Gasteiger partial charge on any atom is -1.00 e. The number of rotatable bonds is 2. The molecule has 0 heterocycles. The molecule has 0 fully saturated rings. The van der Waals surface area contributed by atoms with Gasteiger partial charge >= 0.3 is 41.9 Å². The van der Waals surface area contributed by atoms with Crippen LogP contribution >= 0.6 is 0 Å². The Morgan fingerprint density at radius 1 is 1.08 bits per heavy atom. The molecule has 0 bridgehead atoms. The Morgan fingerprint density at radius 2 is 1.54 bits per heavy atom. The van der Waals surface area contributed by atoms with E-state index in [1.165, 1.54) is 5.56 Å². The quantitative estimate of drug-likeness (QED) is 0.368. The van der Waals surface area contributed by atoms with E-state index in [1.54, 1.807) is 0 Å². The zero-order valence-corrected chi connectivity index (χ0v) is 11.7. The molecule has 0 unspecified atom stereocenters. The topological polar surface area (TPSA) is 0 Å². The molecule has 0 saturated carbocycles. The SMILES string of the molecule is [Br-].[CH2-]CCc1ccccc1.[Cl-].[Li+].[Mg+2]. The fourth-order valence-electron chi connectivity index (χ4n) is 0.849. The summed E-state index contributed by atoms with van der Waals surface area (Å²) in [5.74, 6) is 0. The first-order valence-electron chi connectivity index (χ1n) is 3.26. The Kier molecular flexibility index (Phi) is 29.0. The Hall–Kier alpha value is 1.35. The van der Waals surface area contributed by atoms with Gasteiger partial charge in [0, 0.05) is 0 Å². The Bertz CT molecular complexity index is 173. The van der Waals surface area contributed by atoms with E-state index in [9.17, 15) is 0 Å². The number of aryl methyl sites for hydroxylation is 1. The van der Waals surface area contributed by atoms with Crippen LogP contribution in [0, 0.1) is 6.92 Å². The molecule has 0 amide bonds. The summed E-state index contributed by atoms with van der Waals surface area (Å²) in [5.41, 5.74) is 1.38. The van der Waals surface area contributed by atoms with Crippen molar-refractivity contribution in [3.63, 3.8) is 0 Å². The maximum atomic E-state index is 3.78. The minimum atomic E-state index is 0. The van der Waals surface area contributed by atoms with Crippen molar-refractivity contribution >= 4 is 23.1 Å². The molecule has 0 spiro atoms. The molecule has 0 aliphatic carbocycles. The number of halogens is 2. The molecule has 1 rings (SSSR count). The van der Waals surface area contributed by atoms with Crippen molar-refractivity contribution in [1.82, 2.24) is 0 Å². The molecular weight excluding hydrogens is 255 g/mol. The third-order valence-corrected chi connectivity index (χ3v) is 1.31. The molecule has 0 aromatic heterocycles. The molecule has 1 aromatic rings. The summed E-state index contributed by atoms with van der Waals surface area (Å²) in [6, 6.07) is 10.4. The van der Waals surface area contributed by atoms with Crippen LogP contribution in [0.15, 0.2) is 30.3 Å². The van der Waals surface area contributed by atoms with Crippen molar-refractivity contribution in [3.05, 3.63) is 42.8 Å². The number of hydrogen-bond acceptors (Lipinski definition) is 0. The van der Waals surface area contributed by atoms with E-state index in [0.717, 1.165) is 12.8 Å². The Morgan fingerprint density at radius 3 is 1.92 bits per heavy atom. The molecule has 4 heteroatoms. The summed E-state index contributed by atoms with van der Waals surface area (Å²) < 4.78 is 0. The van der Waals surface area contributed by atoms with Crippen molar-refractivity contribution in [1.29, 1.82) is 0 Å². The van der Waals surface area contributed by atoms with Gasteiger partial charge < -0.3 is 36.3 Å². The minimum absolute atomic E-state index is 0. The molecule has 0 atom stereocenters. The van der Waals surface area contributed by atoms with Gasteiger partial charge in [-0.3, -0.25) is 0 Å². The van der Waals surface area contributed by atoms with E-state index >= 15 is 0 Å². The van der Waals surface area contributed by atoms with Crippen LogP contribution in [-0.2, 0) is 6.42 Å². The van der Waals surface area contributed by atoms with Gasteiger partial charge in [-0.05, 0) is 0 Å². The van der Waals surface area contributed by atoms with Crippen LogP contribution < -0.4 is 48.2 Å². The molecule has 0 saturated heterocycles. The third-order valence-electron chi connectivity index (χ3n) is 1.31. The molecule has 64 valence electrons. The van der Waals surface area contributed by atoms with Gasteiger partial charge in [-0.25, -0.2) is 0 Å². The van der Waals surface area contributed by atoms with Crippen LogP contribution in [-0.4, -0.2) is 23.1 Å². The zero-order chi connectivity index (χ0) is 6.53. The third kappa shape index (κ3) is 11.3. The largest absolute Gasteiger partial charge is 2.00 e. The molecule has 0 radical (unpaired) electrons. The van der Waals surface area contributed by atoms with E-state index in [1.807, 2.05) is 6.07 Å².